The van der Waals surface area contributed by atoms with E-state index in [9.17, 15) is 14.7 Å². The molecule has 0 aliphatic rings. The molecule has 0 saturated carbocycles. The van der Waals surface area contributed by atoms with E-state index in [4.69, 9.17) is 0 Å². The molecule has 0 fully saturated rings. The Balaban J connectivity index is 2.23. The highest BCUT2D eigenvalue weighted by Gasteiger charge is 2.25. The number of nitrogens with one attached hydrogen (secondary N) is 1. The van der Waals surface area contributed by atoms with Gasteiger partial charge in [-0.2, -0.15) is 10.2 Å². The SMILES string of the molecule is Cc1cc(C(=O)NC(C(=O)O)c2cnn(C)c2)n(C)n1. The van der Waals surface area contributed by atoms with Gasteiger partial charge in [-0.15, -0.1) is 0 Å². The van der Waals surface area contributed by atoms with Crippen LogP contribution in [0.1, 0.15) is 27.8 Å². The van der Waals surface area contributed by atoms with E-state index >= 15 is 0 Å². The average Bonchev–Trinajstić information content (AvgIpc) is 2.91. The topological polar surface area (TPSA) is 102 Å². The van der Waals surface area contributed by atoms with Crippen LogP contribution in [0, 0.1) is 6.92 Å². The maximum Gasteiger partial charge on any atom is 0.331 e. The Morgan fingerprint density at radius 3 is 2.55 bits per heavy atom. The normalized spacial score (nSPS) is 12.2. The number of rotatable bonds is 4. The third-order valence-electron chi connectivity index (χ3n) is 2.82. The number of aliphatic carboxylic acids is 1. The summed E-state index contributed by atoms with van der Waals surface area (Å²) in [6, 6.07) is 0.448. The molecular weight excluding hydrogens is 262 g/mol. The summed E-state index contributed by atoms with van der Waals surface area (Å²) < 4.78 is 2.89. The molecule has 1 amide bonds. The molecule has 8 heteroatoms. The van der Waals surface area contributed by atoms with E-state index in [-0.39, 0.29) is 0 Å². The van der Waals surface area contributed by atoms with Crippen LogP contribution in [0.5, 0.6) is 0 Å². The van der Waals surface area contributed by atoms with Crippen LogP contribution in [0.25, 0.3) is 0 Å². The van der Waals surface area contributed by atoms with Gasteiger partial charge in [0.15, 0.2) is 6.04 Å². The second-order valence-corrected chi connectivity index (χ2v) is 4.49. The monoisotopic (exact) mass is 277 g/mol. The molecule has 0 aliphatic carbocycles. The number of carbonyl (C=O) groups excluding carboxylic acids is 1. The Bertz CT molecular complexity index is 658. The molecule has 2 aromatic rings. The summed E-state index contributed by atoms with van der Waals surface area (Å²) in [5.41, 5.74) is 1.40. The second kappa shape index (κ2) is 5.16. The van der Waals surface area contributed by atoms with Crippen molar-refractivity contribution in [2.75, 3.05) is 0 Å². The Morgan fingerprint density at radius 1 is 1.40 bits per heavy atom. The van der Waals surface area contributed by atoms with Crippen molar-refractivity contribution in [2.24, 2.45) is 14.1 Å². The summed E-state index contributed by atoms with van der Waals surface area (Å²) in [5.74, 6) is -1.64. The summed E-state index contributed by atoms with van der Waals surface area (Å²) in [7, 11) is 3.30. The molecule has 0 saturated heterocycles. The molecule has 2 N–H and O–H groups in total. The summed E-state index contributed by atoms with van der Waals surface area (Å²) >= 11 is 0. The van der Waals surface area contributed by atoms with Crippen molar-refractivity contribution >= 4 is 11.9 Å². The first kappa shape index (κ1) is 13.8. The Labute approximate surface area is 115 Å². The van der Waals surface area contributed by atoms with E-state index in [1.165, 1.54) is 15.6 Å². The molecule has 20 heavy (non-hydrogen) atoms. The molecule has 2 aromatic heterocycles. The van der Waals surface area contributed by atoms with Crippen molar-refractivity contribution in [2.45, 2.75) is 13.0 Å². The summed E-state index contributed by atoms with van der Waals surface area (Å²) in [6.45, 7) is 1.76. The third-order valence-corrected chi connectivity index (χ3v) is 2.82. The predicted octanol–water partition coefficient (Wildman–Crippen LogP) is 0.0177. The van der Waals surface area contributed by atoms with Crippen LogP contribution in [0.4, 0.5) is 0 Å². The highest BCUT2D eigenvalue weighted by molar-refractivity contribution is 5.95. The number of nitrogens with zero attached hydrogens (tertiary/aromatic N) is 4. The highest BCUT2D eigenvalue weighted by Crippen LogP contribution is 2.13. The fourth-order valence-electron chi connectivity index (χ4n) is 1.91. The minimum Gasteiger partial charge on any atom is -0.479 e. The number of carboxylic acids is 1. The first-order valence-corrected chi connectivity index (χ1v) is 5.91. The van der Waals surface area contributed by atoms with Crippen molar-refractivity contribution in [1.29, 1.82) is 0 Å². The summed E-state index contributed by atoms with van der Waals surface area (Å²) in [5, 5.41) is 19.7. The van der Waals surface area contributed by atoms with Gasteiger partial charge in [0.05, 0.1) is 11.9 Å². The fourth-order valence-corrected chi connectivity index (χ4v) is 1.91. The lowest BCUT2D eigenvalue weighted by atomic mass is 10.1. The molecule has 0 bridgehead atoms. The van der Waals surface area contributed by atoms with E-state index in [1.54, 1.807) is 33.3 Å². The zero-order valence-corrected chi connectivity index (χ0v) is 11.4. The molecule has 0 radical (unpaired) electrons. The van der Waals surface area contributed by atoms with Crippen LogP contribution in [0.2, 0.25) is 0 Å². The quantitative estimate of drug-likeness (QED) is 0.820. The summed E-state index contributed by atoms with van der Waals surface area (Å²) in [6.07, 6.45) is 2.96. The van der Waals surface area contributed by atoms with E-state index in [0.717, 1.165) is 0 Å². The molecular formula is C12H15N5O3. The maximum atomic E-state index is 12.1. The molecule has 8 nitrogen and oxygen atoms in total. The van der Waals surface area contributed by atoms with Crippen LogP contribution in [0.3, 0.4) is 0 Å². The van der Waals surface area contributed by atoms with Gasteiger partial charge in [0.1, 0.15) is 5.69 Å². The minimum absolute atomic E-state index is 0.303. The van der Waals surface area contributed by atoms with Gasteiger partial charge in [-0.3, -0.25) is 14.2 Å². The molecule has 2 rings (SSSR count). The number of hydrogen-bond acceptors (Lipinski definition) is 4. The van der Waals surface area contributed by atoms with E-state index < -0.39 is 17.9 Å². The maximum absolute atomic E-state index is 12.1. The van der Waals surface area contributed by atoms with Gasteiger partial charge in [-0.25, -0.2) is 4.79 Å². The zero-order valence-electron chi connectivity index (χ0n) is 11.4. The molecule has 106 valence electrons. The van der Waals surface area contributed by atoms with Gasteiger partial charge in [-0.1, -0.05) is 0 Å². The van der Waals surface area contributed by atoms with Crippen LogP contribution < -0.4 is 5.32 Å². The first-order valence-electron chi connectivity index (χ1n) is 5.91. The van der Waals surface area contributed by atoms with E-state index in [1.807, 2.05) is 0 Å². The van der Waals surface area contributed by atoms with Gasteiger partial charge >= 0.3 is 5.97 Å². The standard InChI is InChI=1S/C12H15N5O3/c1-7-4-9(17(3)15-7)11(18)14-10(12(19)20)8-5-13-16(2)6-8/h4-6,10H,1-3H3,(H,14,18)(H,19,20). The van der Waals surface area contributed by atoms with Crippen molar-refractivity contribution in [3.05, 3.63) is 35.4 Å². The number of amides is 1. The molecule has 2 heterocycles. The predicted molar refractivity (Wildman–Crippen MR) is 69.0 cm³/mol. The Kier molecular flexibility index (Phi) is 3.55. The van der Waals surface area contributed by atoms with Gasteiger partial charge in [-0.05, 0) is 13.0 Å². The van der Waals surface area contributed by atoms with Gasteiger partial charge < -0.3 is 10.4 Å². The molecule has 1 unspecified atom stereocenters. The number of carbonyl (C=O) groups is 2. The van der Waals surface area contributed by atoms with Crippen LogP contribution in [-0.4, -0.2) is 36.5 Å². The van der Waals surface area contributed by atoms with E-state index in [2.05, 4.69) is 15.5 Å². The van der Waals surface area contributed by atoms with Crippen molar-refractivity contribution in [1.82, 2.24) is 24.9 Å². The molecule has 1 atom stereocenters. The largest absolute Gasteiger partial charge is 0.479 e. The fraction of sp³-hybridized carbons (Fsp3) is 0.333. The molecule has 0 spiro atoms. The van der Waals surface area contributed by atoms with Crippen LogP contribution in [0.15, 0.2) is 18.5 Å². The lowest BCUT2D eigenvalue weighted by Crippen LogP contribution is -2.34. The lowest BCUT2D eigenvalue weighted by molar-refractivity contribution is -0.139. The minimum atomic E-state index is -1.15. The molecule has 0 aliphatic heterocycles. The van der Waals surface area contributed by atoms with E-state index in [0.29, 0.717) is 17.0 Å². The van der Waals surface area contributed by atoms with Crippen LogP contribution >= 0.6 is 0 Å². The number of aromatic nitrogens is 4. The smallest absolute Gasteiger partial charge is 0.331 e. The summed E-state index contributed by atoms with van der Waals surface area (Å²) in [4.78, 5) is 23.4. The zero-order chi connectivity index (χ0) is 14.9. The van der Waals surface area contributed by atoms with Crippen LogP contribution in [-0.2, 0) is 18.9 Å². The first-order chi connectivity index (χ1) is 9.38. The number of aryl methyl sites for hydroxylation is 3. The van der Waals surface area contributed by atoms with Gasteiger partial charge in [0, 0.05) is 25.9 Å². The Morgan fingerprint density at radius 2 is 2.10 bits per heavy atom. The Hall–Kier alpha value is -2.64. The van der Waals surface area contributed by atoms with Gasteiger partial charge in [0.25, 0.3) is 5.91 Å². The van der Waals surface area contributed by atoms with Crippen molar-refractivity contribution < 1.29 is 14.7 Å². The lowest BCUT2D eigenvalue weighted by Gasteiger charge is -2.12. The van der Waals surface area contributed by atoms with Gasteiger partial charge in [0.2, 0.25) is 0 Å². The highest BCUT2D eigenvalue weighted by atomic mass is 16.4. The number of hydrogen-bond donors (Lipinski definition) is 2. The van der Waals surface area contributed by atoms with Crippen molar-refractivity contribution in [3.63, 3.8) is 0 Å². The average molecular weight is 277 g/mol. The molecule has 0 aromatic carbocycles. The van der Waals surface area contributed by atoms with Crippen molar-refractivity contribution in [3.8, 4) is 0 Å². The second-order valence-electron chi connectivity index (χ2n) is 4.49. The number of carboxylic acid groups (broad SMARTS) is 1. The third kappa shape index (κ3) is 2.68.